The molecule has 0 radical (unpaired) electrons. The summed E-state index contributed by atoms with van der Waals surface area (Å²) < 4.78 is 25.0. The second-order valence-electron chi connectivity index (χ2n) is 4.40. The molecule has 0 saturated heterocycles. The molecule has 0 aliphatic carbocycles. The van der Waals surface area contributed by atoms with E-state index in [1.807, 2.05) is 19.1 Å². The van der Waals surface area contributed by atoms with Gasteiger partial charge in [0.1, 0.15) is 0 Å². The number of rotatable bonds is 6. The standard InChI is InChI=1S/C13H19ClF2N2/c1-3-11(17)13(18(2)8-12(15)16)9-5-4-6-10(14)7-9/h4-7,11-13H,3,8,17H2,1-2H3. The first kappa shape index (κ1) is 15.3. The lowest BCUT2D eigenvalue weighted by molar-refractivity contribution is 0.0735. The van der Waals surface area contributed by atoms with Gasteiger partial charge in [0, 0.05) is 17.1 Å². The molecule has 0 spiro atoms. The average molecular weight is 277 g/mol. The van der Waals surface area contributed by atoms with Crippen LogP contribution >= 0.6 is 11.6 Å². The number of alkyl halides is 2. The van der Waals surface area contributed by atoms with Gasteiger partial charge >= 0.3 is 0 Å². The summed E-state index contributed by atoms with van der Waals surface area (Å²) in [5.74, 6) is 0. The maximum atomic E-state index is 12.5. The molecule has 18 heavy (non-hydrogen) atoms. The molecule has 0 heterocycles. The minimum Gasteiger partial charge on any atom is -0.326 e. The van der Waals surface area contributed by atoms with E-state index < -0.39 is 6.43 Å². The molecule has 0 aromatic heterocycles. The zero-order chi connectivity index (χ0) is 13.7. The predicted octanol–water partition coefficient (Wildman–Crippen LogP) is 3.32. The van der Waals surface area contributed by atoms with Gasteiger partial charge in [0.05, 0.1) is 6.54 Å². The van der Waals surface area contributed by atoms with Gasteiger partial charge < -0.3 is 5.73 Å². The van der Waals surface area contributed by atoms with E-state index in [4.69, 9.17) is 17.3 Å². The molecular formula is C13H19ClF2N2. The monoisotopic (exact) mass is 276 g/mol. The lowest BCUT2D eigenvalue weighted by Crippen LogP contribution is -2.40. The van der Waals surface area contributed by atoms with E-state index in [9.17, 15) is 8.78 Å². The van der Waals surface area contributed by atoms with Crippen LogP contribution in [-0.2, 0) is 0 Å². The van der Waals surface area contributed by atoms with Crippen LogP contribution in [0.5, 0.6) is 0 Å². The van der Waals surface area contributed by atoms with Gasteiger partial charge in [-0.3, -0.25) is 4.90 Å². The van der Waals surface area contributed by atoms with Gasteiger partial charge in [0.15, 0.2) is 0 Å². The van der Waals surface area contributed by atoms with Gasteiger partial charge in [0.25, 0.3) is 6.43 Å². The summed E-state index contributed by atoms with van der Waals surface area (Å²) in [6.07, 6.45) is -1.66. The highest BCUT2D eigenvalue weighted by atomic mass is 35.5. The Balaban J connectivity index is 2.97. The molecule has 2 unspecified atom stereocenters. The quantitative estimate of drug-likeness (QED) is 0.864. The number of benzene rings is 1. The van der Waals surface area contributed by atoms with Gasteiger partial charge in [0.2, 0.25) is 0 Å². The maximum Gasteiger partial charge on any atom is 0.251 e. The van der Waals surface area contributed by atoms with Crippen molar-refractivity contribution in [2.45, 2.75) is 31.9 Å². The average Bonchev–Trinajstić information content (AvgIpc) is 2.28. The van der Waals surface area contributed by atoms with Crippen LogP contribution in [0.1, 0.15) is 24.9 Å². The molecule has 0 fully saturated rings. The van der Waals surface area contributed by atoms with Crippen molar-refractivity contribution < 1.29 is 8.78 Å². The first-order chi connectivity index (χ1) is 8.45. The van der Waals surface area contributed by atoms with E-state index in [2.05, 4.69) is 0 Å². The third kappa shape index (κ3) is 4.19. The Bertz CT molecular complexity index is 374. The summed E-state index contributed by atoms with van der Waals surface area (Å²) in [6, 6.07) is 6.77. The Labute approximate surface area is 112 Å². The molecule has 0 aliphatic heterocycles. The number of hydrogen-bond acceptors (Lipinski definition) is 2. The van der Waals surface area contributed by atoms with Crippen molar-refractivity contribution in [1.29, 1.82) is 0 Å². The molecule has 1 aromatic carbocycles. The molecular weight excluding hydrogens is 258 g/mol. The van der Waals surface area contributed by atoms with Crippen LogP contribution in [0.2, 0.25) is 5.02 Å². The molecule has 2 nitrogen and oxygen atoms in total. The van der Waals surface area contributed by atoms with Gasteiger partial charge in [-0.25, -0.2) is 8.78 Å². The topological polar surface area (TPSA) is 29.3 Å². The first-order valence-electron chi connectivity index (χ1n) is 5.95. The van der Waals surface area contributed by atoms with Crippen LogP contribution in [0, 0.1) is 0 Å². The fourth-order valence-corrected chi connectivity index (χ4v) is 2.27. The number of nitrogens with zero attached hydrogens (tertiary/aromatic N) is 1. The summed E-state index contributed by atoms with van der Waals surface area (Å²) in [7, 11) is 1.66. The van der Waals surface area contributed by atoms with Crippen molar-refractivity contribution >= 4 is 11.6 Å². The summed E-state index contributed by atoms with van der Waals surface area (Å²) >= 11 is 5.94. The third-order valence-electron chi connectivity index (χ3n) is 2.97. The molecule has 0 saturated carbocycles. The van der Waals surface area contributed by atoms with E-state index in [1.165, 1.54) is 0 Å². The molecule has 0 amide bonds. The van der Waals surface area contributed by atoms with E-state index in [1.54, 1.807) is 24.1 Å². The van der Waals surface area contributed by atoms with Crippen molar-refractivity contribution in [1.82, 2.24) is 4.90 Å². The first-order valence-corrected chi connectivity index (χ1v) is 6.33. The fraction of sp³-hybridized carbons (Fsp3) is 0.538. The maximum absolute atomic E-state index is 12.5. The van der Waals surface area contributed by atoms with Crippen molar-refractivity contribution in [3.8, 4) is 0 Å². The van der Waals surface area contributed by atoms with Crippen molar-refractivity contribution in [2.24, 2.45) is 5.73 Å². The highest BCUT2D eigenvalue weighted by Crippen LogP contribution is 2.26. The van der Waals surface area contributed by atoms with Crippen LogP contribution in [-0.4, -0.2) is 31.0 Å². The van der Waals surface area contributed by atoms with Gasteiger partial charge in [-0.2, -0.15) is 0 Å². The van der Waals surface area contributed by atoms with E-state index in [-0.39, 0.29) is 18.6 Å². The lowest BCUT2D eigenvalue weighted by atomic mass is 9.97. The molecule has 0 bridgehead atoms. The Kier molecular flexibility index (Phi) is 5.99. The predicted molar refractivity (Wildman–Crippen MR) is 71.1 cm³/mol. The van der Waals surface area contributed by atoms with Crippen molar-refractivity contribution in [3.63, 3.8) is 0 Å². The Hall–Kier alpha value is -0.710. The van der Waals surface area contributed by atoms with Crippen LogP contribution < -0.4 is 5.73 Å². The number of nitrogens with two attached hydrogens (primary N) is 1. The minimum absolute atomic E-state index is 0.202. The number of halogens is 3. The zero-order valence-electron chi connectivity index (χ0n) is 10.6. The van der Waals surface area contributed by atoms with E-state index in [0.717, 1.165) is 5.56 Å². The Morgan fingerprint density at radius 1 is 1.39 bits per heavy atom. The largest absolute Gasteiger partial charge is 0.326 e. The fourth-order valence-electron chi connectivity index (χ4n) is 2.07. The summed E-state index contributed by atoms with van der Waals surface area (Å²) in [5.41, 5.74) is 6.92. The van der Waals surface area contributed by atoms with Crippen LogP contribution in [0.3, 0.4) is 0 Å². The highest BCUT2D eigenvalue weighted by Gasteiger charge is 2.25. The van der Waals surface area contributed by atoms with Crippen molar-refractivity contribution in [2.75, 3.05) is 13.6 Å². The SMILES string of the molecule is CCC(N)C(c1cccc(Cl)c1)N(C)CC(F)F. The van der Waals surface area contributed by atoms with Crippen LogP contribution in [0.4, 0.5) is 8.78 Å². The molecule has 2 atom stereocenters. The second kappa shape index (κ2) is 7.02. The molecule has 0 aliphatic rings. The van der Waals surface area contributed by atoms with Gasteiger partial charge in [-0.1, -0.05) is 30.7 Å². The van der Waals surface area contributed by atoms with Crippen LogP contribution in [0.15, 0.2) is 24.3 Å². The molecule has 5 heteroatoms. The highest BCUT2D eigenvalue weighted by molar-refractivity contribution is 6.30. The normalized spacial score (nSPS) is 15.1. The van der Waals surface area contributed by atoms with Crippen LogP contribution in [0.25, 0.3) is 0 Å². The lowest BCUT2D eigenvalue weighted by Gasteiger charge is -2.32. The molecule has 2 N–H and O–H groups in total. The smallest absolute Gasteiger partial charge is 0.251 e. The van der Waals surface area contributed by atoms with E-state index >= 15 is 0 Å². The number of hydrogen-bond donors (Lipinski definition) is 1. The summed E-state index contributed by atoms with van der Waals surface area (Å²) in [6.45, 7) is 1.64. The van der Waals surface area contributed by atoms with Gasteiger partial charge in [-0.05, 0) is 31.2 Å². The molecule has 1 aromatic rings. The summed E-state index contributed by atoms with van der Waals surface area (Å²) in [5, 5.41) is 0.589. The summed E-state index contributed by atoms with van der Waals surface area (Å²) in [4.78, 5) is 1.59. The minimum atomic E-state index is -2.37. The Morgan fingerprint density at radius 3 is 2.56 bits per heavy atom. The third-order valence-corrected chi connectivity index (χ3v) is 3.20. The Morgan fingerprint density at radius 2 is 2.06 bits per heavy atom. The van der Waals surface area contributed by atoms with E-state index in [0.29, 0.717) is 11.4 Å². The molecule has 1 rings (SSSR count). The molecule has 102 valence electrons. The van der Waals surface area contributed by atoms with Crippen molar-refractivity contribution in [3.05, 3.63) is 34.9 Å². The zero-order valence-corrected chi connectivity index (χ0v) is 11.4. The second-order valence-corrected chi connectivity index (χ2v) is 4.84. The van der Waals surface area contributed by atoms with Gasteiger partial charge in [-0.15, -0.1) is 0 Å². The number of likely N-dealkylation sites (N-methyl/N-ethyl adjacent to an activating group) is 1.